The number of imidazole rings is 1. The Bertz CT molecular complexity index is 1010. The van der Waals surface area contributed by atoms with Gasteiger partial charge in [-0.1, -0.05) is 29.1 Å². The number of nitrogens with two attached hydrogens (primary N) is 1. The predicted molar refractivity (Wildman–Crippen MR) is 97.1 cm³/mol. The number of nitrogens with zero attached hydrogens (tertiary/aromatic N) is 3. The summed E-state index contributed by atoms with van der Waals surface area (Å²) in [6.07, 6.45) is 1.57. The standard InChI is InChI=1S/C18H12Cl2N4O/c1-11-15(7-2-12-8-9-22-16(20)10-12)23-18(17(21)25)24(11)14-5-3-13(19)4-6-14/h3-6,8-10H,1H3,(H2,21,25). The maximum Gasteiger partial charge on any atom is 0.285 e. The molecule has 1 amide bonds. The van der Waals surface area contributed by atoms with Crippen molar-refractivity contribution in [2.24, 2.45) is 5.73 Å². The topological polar surface area (TPSA) is 73.8 Å². The molecular formula is C18H12Cl2N4O. The summed E-state index contributed by atoms with van der Waals surface area (Å²) in [5.74, 6) is 5.38. The SMILES string of the molecule is Cc1c(C#Cc2ccnc(Cl)c2)nc(C(N)=O)n1-c1ccc(Cl)cc1. The Kier molecular flexibility index (Phi) is 4.75. The van der Waals surface area contributed by atoms with E-state index in [1.54, 1.807) is 47.2 Å². The Morgan fingerprint density at radius 1 is 1.16 bits per heavy atom. The Labute approximate surface area is 154 Å². The Morgan fingerprint density at radius 2 is 1.88 bits per heavy atom. The molecule has 3 aromatic rings. The molecule has 7 heteroatoms. The van der Waals surface area contributed by atoms with Crippen molar-refractivity contribution in [2.45, 2.75) is 6.92 Å². The molecule has 0 spiro atoms. The molecule has 0 bridgehead atoms. The first-order chi connectivity index (χ1) is 12.0. The molecule has 1 aromatic carbocycles. The fourth-order valence-corrected chi connectivity index (χ4v) is 2.60. The molecule has 124 valence electrons. The number of benzene rings is 1. The molecule has 0 aliphatic heterocycles. The number of carbonyl (C=O) groups is 1. The molecule has 0 aliphatic carbocycles. The molecule has 2 aromatic heterocycles. The van der Waals surface area contributed by atoms with Gasteiger partial charge in [0, 0.05) is 22.5 Å². The van der Waals surface area contributed by atoms with Gasteiger partial charge in [0.15, 0.2) is 0 Å². The fraction of sp³-hybridized carbons (Fsp3) is 0.0556. The average molecular weight is 371 g/mol. The second-order valence-electron chi connectivity index (χ2n) is 5.16. The normalized spacial score (nSPS) is 10.2. The molecular weight excluding hydrogens is 359 g/mol. The van der Waals surface area contributed by atoms with E-state index in [1.165, 1.54) is 0 Å². The molecule has 2 heterocycles. The first kappa shape index (κ1) is 17.0. The molecule has 5 nitrogen and oxygen atoms in total. The summed E-state index contributed by atoms with van der Waals surface area (Å²) < 4.78 is 1.65. The molecule has 25 heavy (non-hydrogen) atoms. The number of rotatable bonds is 2. The second kappa shape index (κ2) is 6.98. The lowest BCUT2D eigenvalue weighted by molar-refractivity contribution is 0.0988. The van der Waals surface area contributed by atoms with Crippen LogP contribution < -0.4 is 5.73 Å². The summed E-state index contributed by atoms with van der Waals surface area (Å²) in [5, 5.41) is 0.949. The minimum atomic E-state index is -0.641. The molecule has 2 N–H and O–H groups in total. The highest BCUT2D eigenvalue weighted by Gasteiger charge is 2.18. The van der Waals surface area contributed by atoms with Crippen molar-refractivity contribution in [3.63, 3.8) is 0 Å². The van der Waals surface area contributed by atoms with Crippen LogP contribution in [0.4, 0.5) is 0 Å². The zero-order valence-corrected chi connectivity index (χ0v) is 14.6. The van der Waals surface area contributed by atoms with Crippen molar-refractivity contribution >= 4 is 29.1 Å². The minimum absolute atomic E-state index is 0.108. The highest BCUT2D eigenvalue weighted by Crippen LogP contribution is 2.20. The number of hydrogen-bond donors (Lipinski definition) is 1. The number of carbonyl (C=O) groups excluding carboxylic acids is 1. The minimum Gasteiger partial charge on any atom is -0.363 e. The number of primary amides is 1. The van der Waals surface area contributed by atoms with Gasteiger partial charge in [0.2, 0.25) is 5.82 Å². The van der Waals surface area contributed by atoms with Crippen molar-refractivity contribution in [1.29, 1.82) is 0 Å². The molecule has 3 rings (SSSR count). The molecule has 0 atom stereocenters. The monoisotopic (exact) mass is 370 g/mol. The quantitative estimate of drug-likeness (QED) is 0.554. The summed E-state index contributed by atoms with van der Waals surface area (Å²) >= 11 is 11.8. The summed E-state index contributed by atoms with van der Waals surface area (Å²) in [5.41, 5.74) is 8.04. The summed E-state index contributed by atoms with van der Waals surface area (Å²) in [6.45, 7) is 1.82. The smallest absolute Gasteiger partial charge is 0.285 e. The molecule has 0 unspecified atom stereocenters. The lowest BCUT2D eigenvalue weighted by Crippen LogP contribution is -2.17. The van der Waals surface area contributed by atoms with Crippen LogP contribution in [0.1, 0.15) is 27.6 Å². The van der Waals surface area contributed by atoms with Gasteiger partial charge in [-0.05, 0) is 49.2 Å². The van der Waals surface area contributed by atoms with Crippen molar-refractivity contribution in [1.82, 2.24) is 14.5 Å². The summed E-state index contributed by atoms with van der Waals surface area (Å²) in [6, 6.07) is 10.4. The van der Waals surface area contributed by atoms with Crippen molar-refractivity contribution in [2.75, 3.05) is 0 Å². The van der Waals surface area contributed by atoms with E-state index in [0.29, 0.717) is 27.1 Å². The molecule has 0 saturated heterocycles. The van der Waals surface area contributed by atoms with Crippen LogP contribution in [0.25, 0.3) is 5.69 Å². The zero-order valence-electron chi connectivity index (χ0n) is 13.1. The van der Waals surface area contributed by atoms with Gasteiger partial charge < -0.3 is 5.73 Å². The van der Waals surface area contributed by atoms with Crippen LogP contribution in [0, 0.1) is 18.8 Å². The highest BCUT2D eigenvalue weighted by atomic mass is 35.5. The van der Waals surface area contributed by atoms with Gasteiger partial charge in [-0.3, -0.25) is 9.36 Å². The van der Waals surface area contributed by atoms with Crippen LogP contribution in [0.3, 0.4) is 0 Å². The van der Waals surface area contributed by atoms with E-state index in [2.05, 4.69) is 21.8 Å². The first-order valence-corrected chi connectivity index (χ1v) is 8.00. The Hall–Kier alpha value is -2.81. The van der Waals surface area contributed by atoms with Crippen LogP contribution in [0.2, 0.25) is 10.2 Å². The molecule has 0 radical (unpaired) electrons. The van der Waals surface area contributed by atoms with Crippen molar-refractivity contribution in [3.05, 3.63) is 75.5 Å². The lowest BCUT2D eigenvalue weighted by atomic mass is 10.2. The average Bonchev–Trinajstić information content (AvgIpc) is 2.91. The molecule has 0 aliphatic rings. The van der Waals surface area contributed by atoms with Gasteiger partial charge in [0.25, 0.3) is 5.91 Å². The van der Waals surface area contributed by atoms with Gasteiger partial charge in [-0.2, -0.15) is 0 Å². The largest absolute Gasteiger partial charge is 0.363 e. The van der Waals surface area contributed by atoms with E-state index >= 15 is 0 Å². The van der Waals surface area contributed by atoms with Crippen molar-refractivity contribution < 1.29 is 4.79 Å². The number of amides is 1. The van der Waals surface area contributed by atoms with Gasteiger partial charge in [0.1, 0.15) is 10.8 Å². The number of halogens is 2. The Balaban J connectivity index is 2.10. The van der Waals surface area contributed by atoms with Gasteiger partial charge in [0.05, 0.1) is 5.69 Å². The van der Waals surface area contributed by atoms with Crippen molar-refractivity contribution in [3.8, 4) is 17.5 Å². The van der Waals surface area contributed by atoms with Gasteiger partial charge >= 0.3 is 0 Å². The number of hydrogen-bond acceptors (Lipinski definition) is 3. The zero-order chi connectivity index (χ0) is 18.0. The first-order valence-electron chi connectivity index (χ1n) is 7.24. The van der Waals surface area contributed by atoms with E-state index < -0.39 is 5.91 Å². The third kappa shape index (κ3) is 3.66. The maximum absolute atomic E-state index is 11.8. The van der Waals surface area contributed by atoms with Crippen LogP contribution in [-0.4, -0.2) is 20.4 Å². The summed E-state index contributed by atoms with van der Waals surface area (Å²) in [4.78, 5) is 20.0. The number of pyridine rings is 1. The van der Waals surface area contributed by atoms with Crippen LogP contribution in [0.5, 0.6) is 0 Å². The lowest BCUT2D eigenvalue weighted by Gasteiger charge is -2.08. The maximum atomic E-state index is 11.8. The summed E-state index contributed by atoms with van der Waals surface area (Å²) in [7, 11) is 0. The third-order valence-electron chi connectivity index (χ3n) is 3.46. The van der Waals surface area contributed by atoms with Crippen LogP contribution >= 0.6 is 23.2 Å². The molecule has 0 fully saturated rings. The van der Waals surface area contributed by atoms with E-state index in [-0.39, 0.29) is 5.82 Å². The van der Waals surface area contributed by atoms with Crippen LogP contribution in [-0.2, 0) is 0 Å². The highest BCUT2D eigenvalue weighted by molar-refractivity contribution is 6.30. The third-order valence-corrected chi connectivity index (χ3v) is 3.92. The fourth-order valence-electron chi connectivity index (χ4n) is 2.30. The van der Waals surface area contributed by atoms with E-state index in [9.17, 15) is 4.79 Å². The van der Waals surface area contributed by atoms with E-state index in [4.69, 9.17) is 28.9 Å². The van der Waals surface area contributed by atoms with Gasteiger partial charge in [-0.25, -0.2) is 9.97 Å². The van der Waals surface area contributed by atoms with Crippen LogP contribution in [0.15, 0.2) is 42.6 Å². The number of aromatic nitrogens is 3. The predicted octanol–water partition coefficient (Wildman–Crippen LogP) is 3.38. The van der Waals surface area contributed by atoms with E-state index in [0.717, 1.165) is 5.69 Å². The molecule has 0 saturated carbocycles. The second-order valence-corrected chi connectivity index (χ2v) is 5.99. The van der Waals surface area contributed by atoms with Gasteiger partial charge in [-0.15, -0.1) is 0 Å². The van der Waals surface area contributed by atoms with E-state index in [1.807, 2.05) is 6.92 Å². The Morgan fingerprint density at radius 3 is 2.52 bits per heavy atom.